The van der Waals surface area contributed by atoms with Gasteiger partial charge in [0.1, 0.15) is 0 Å². The summed E-state index contributed by atoms with van der Waals surface area (Å²) in [4.78, 5) is 4.62. The molecule has 0 saturated carbocycles. The Labute approximate surface area is 130 Å². The van der Waals surface area contributed by atoms with Crippen LogP contribution in [0.2, 0.25) is 5.02 Å². The highest BCUT2D eigenvalue weighted by molar-refractivity contribution is 8.08. The summed E-state index contributed by atoms with van der Waals surface area (Å²) in [6, 6.07) is 18.4. The van der Waals surface area contributed by atoms with Gasteiger partial charge in [-0.3, -0.25) is 0 Å². The van der Waals surface area contributed by atoms with Gasteiger partial charge in [-0.05, 0) is 43.9 Å². The maximum atomic E-state index is 5.94. The van der Waals surface area contributed by atoms with Crippen molar-refractivity contribution in [1.29, 1.82) is 0 Å². The Morgan fingerprint density at radius 3 is 2.30 bits per heavy atom. The highest BCUT2D eigenvalue weighted by Crippen LogP contribution is 2.34. The van der Waals surface area contributed by atoms with Gasteiger partial charge in [0.2, 0.25) is 0 Å². The molecule has 2 rings (SSSR count). The number of hydrogen-bond acceptors (Lipinski definition) is 2. The molecule has 2 aromatic carbocycles. The summed E-state index contributed by atoms with van der Waals surface area (Å²) in [7, 11) is 4.15. The number of rotatable bonds is 5. The van der Waals surface area contributed by atoms with E-state index in [-0.39, 0.29) is 0 Å². The SMILES string of the molecule is CN(C)CC=C(Sc1ccc(Cl)cc1)c1ccccc1. The Morgan fingerprint density at radius 1 is 1.05 bits per heavy atom. The standard InChI is InChI=1S/C17H18ClNS/c1-19(2)13-12-17(14-6-4-3-5-7-14)20-16-10-8-15(18)9-11-16/h3-12H,13H2,1-2H3. The molecule has 0 bridgehead atoms. The summed E-state index contributed by atoms with van der Waals surface area (Å²) >= 11 is 7.71. The highest BCUT2D eigenvalue weighted by Gasteiger charge is 2.04. The van der Waals surface area contributed by atoms with Gasteiger partial charge in [0, 0.05) is 21.4 Å². The van der Waals surface area contributed by atoms with Gasteiger partial charge in [-0.25, -0.2) is 0 Å². The maximum Gasteiger partial charge on any atom is 0.0406 e. The quantitative estimate of drug-likeness (QED) is 0.712. The van der Waals surface area contributed by atoms with Gasteiger partial charge in [-0.2, -0.15) is 0 Å². The van der Waals surface area contributed by atoms with Crippen LogP contribution in [0.5, 0.6) is 0 Å². The molecule has 0 saturated heterocycles. The zero-order valence-electron chi connectivity index (χ0n) is 11.7. The molecule has 0 aliphatic carbocycles. The predicted molar refractivity (Wildman–Crippen MR) is 90.3 cm³/mol. The Hall–Kier alpha value is -1.22. The predicted octanol–water partition coefficient (Wildman–Crippen LogP) is 5.03. The molecule has 3 heteroatoms. The van der Waals surface area contributed by atoms with Crippen LogP contribution in [0.1, 0.15) is 5.56 Å². The lowest BCUT2D eigenvalue weighted by Gasteiger charge is -2.11. The van der Waals surface area contributed by atoms with Crippen LogP contribution in [-0.4, -0.2) is 25.5 Å². The fourth-order valence-electron chi connectivity index (χ4n) is 1.72. The van der Waals surface area contributed by atoms with Crippen LogP contribution in [0.15, 0.2) is 65.6 Å². The molecule has 0 radical (unpaired) electrons. The second-order valence-electron chi connectivity index (χ2n) is 4.75. The maximum absolute atomic E-state index is 5.94. The van der Waals surface area contributed by atoms with E-state index in [0.29, 0.717) is 0 Å². The topological polar surface area (TPSA) is 3.24 Å². The Kier molecular flexibility index (Phi) is 5.72. The fourth-order valence-corrected chi connectivity index (χ4v) is 2.78. The average Bonchev–Trinajstić information content (AvgIpc) is 2.46. The molecule has 104 valence electrons. The van der Waals surface area contributed by atoms with Gasteiger partial charge in [-0.1, -0.05) is 59.8 Å². The van der Waals surface area contributed by atoms with Crippen LogP contribution in [-0.2, 0) is 0 Å². The van der Waals surface area contributed by atoms with Crippen molar-refractivity contribution in [3.8, 4) is 0 Å². The minimum absolute atomic E-state index is 0.771. The van der Waals surface area contributed by atoms with Gasteiger partial charge in [0.25, 0.3) is 0 Å². The van der Waals surface area contributed by atoms with E-state index < -0.39 is 0 Å². The Balaban J connectivity index is 2.23. The van der Waals surface area contributed by atoms with Crippen molar-refractivity contribution in [2.24, 2.45) is 0 Å². The molecular weight excluding hydrogens is 286 g/mol. The fraction of sp³-hybridized carbons (Fsp3) is 0.176. The minimum atomic E-state index is 0.771. The number of halogens is 1. The molecule has 0 atom stereocenters. The second-order valence-corrected chi connectivity index (χ2v) is 6.30. The van der Waals surface area contributed by atoms with E-state index in [4.69, 9.17) is 11.6 Å². The van der Waals surface area contributed by atoms with Crippen molar-refractivity contribution in [3.05, 3.63) is 71.3 Å². The molecule has 2 aromatic rings. The van der Waals surface area contributed by atoms with E-state index in [9.17, 15) is 0 Å². The van der Waals surface area contributed by atoms with Gasteiger partial charge in [0.05, 0.1) is 0 Å². The van der Waals surface area contributed by atoms with Gasteiger partial charge in [0.15, 0.2) is 0 Å². The first kappa shape index (κ1) is 15.2. The molecule has 0 aromatic heterocycles. The summed E-state index contributed by atoms with van der Waals surface area (Å²) in [5.74, 6) is 0. The van der Waals surface area contributed by atoms with Crippen molar-refractivity contribution >= 4 is 28.3 Å². The second kappa shape index (κ2) is 7.53. The van der Waals surface area contributed by atoms with E-state index in [0.717, 1.165) is 11.6 Å². The first-order valence-corrected chi connectivity index (χ1v) is 7.68. The zero-order valence-corrected chi connectivity index (χ0v) is 13.3. The number of benzene rings is 2. The van der Waals surface area contributed by atoms with Crippen molar-refractivity contribution in [3.63, 3.8) is 0 Å². The average molecular weight is 304 g/mol. The molecule has 0 aliphatic heterocycles. The first-order valence-electron chi connectivity index (χ1n) is 6.49. The first-order chi connectivity index (χ1) is 9.65. The monoisotopic (exact) mass is 303 g/mol. The highest BCUT2D eigenvalue weighted by atomic mass is 35.5. The van der Waals surface area contributed by atoms with Crippen LogP contribution in [0.3, 0.4) is 0 Å². The van der Waals surface area contributed by atoms with Gasteiger partial charge >= 0.3 is 0 Å². The van der Waals surface area contributed by atoms with Crippen molar-refractivity contribution in [2.45, 2.75) is 4.90 Å². The molecule has 0 aliphatic rings. The van der Waals surface area contributed by atoms with E-state index in [1.54, 1.807) is 11.8 Å². The van der Waals surface area contributed by atoms with E-state index in [2.05, 4.69) is 61.5 Å². The molecule has 1 nitrogen and oxygen atoms in total. The third kappa shape index (κ3) is 4.71. The van der Waals surface area contributed by atoms with Crippen molar-refractivity contribution in [2.75, 3.05) is 20.6 Å². The number of nitrogens with zero attached hydrogens (tertiary/aromatic N) is 1. The van der Waals surface area contributed by atoms with Crippen LogP contribution < -0.4 is 0 Å². The molecule has 0 heterocycles. The largest absolute Gasteiger partial charge is 0.306 e. The third-order valence-electron chi connectivity index (χ3n) is 2.74. The van der Waals surface area contributed by atoms with Crippen LogP contribution >= 0.6 is 23.4 Å². The van der Waals surface area contributed by atoms with Gasteiger partial charge < -0.3 is 4.90 Å². The van der Waals surface area contributed by atoms with Gasteiger partial charge in [-0.15, -0.1) is 0 Å². The summed E-state index contributed by atoms with van der Waals surface area (Å²) in [6.45, 7) is 0.921. The molecule has 0 N–H and O–H groups in total. The van der Waals surface area contributed by atoms with E-state index in [1.807, 2.05) is 18.2 Å². The number of likely N-dealkylation sites (N-methyl/N-ethyl adjacent to an activating group) is 1. The smallest absolute Gasteiger partial charge is 0.0406 e. The Bertz CT molecular complexity index is 561. The summed E-state index contributed by atoms with van der Waals surface area (Å²) in [6.07, 6.45) is 2.26. The molecule has 0 amide bonds. The van der Waals surface area contributed by atoms with Crippen molar-refractivity contribution < 1.29 is 0 Å². The van der Waals surface area contributed by atoms with Crippen LogP contribution in [0.25, 0.3) is 4.91 Å². The molecule has 0 fully saturated rings. The molecule has 0 unspecified atom stereocenters. The number of hydrogen-bond donors (Lipinski definition) is 0. The van der Waals surface area contributed by atoms with Crippen LogP contribution in [0, 0.1) is 0 Å². The molecular formula is C17H18ClNS. The normalized spacial score (nSPS) is 11.9. The summed E-state index contributed by atoms with van der Waals surface area (Å²) in [5, 5.41) is 0.771. The molecule has 20 heavy (non-hydrogen) atoms. The minimum Gasteiger partial charge on any atom is -0.306 e. The van der Waals surface area contributed by atoms with Crippen molar-refractivity contribution in [1.82, 2.24) is 4.90 Å². The summed E-state index contributed by atoms with van der Waals surface area (Å²) in [5.41, 5.74) is 1.24. The zero-order chi connectivity index (χ0) is 14.4. The molecule has 0 spiro atoms. The Morgan fingerprint density at radius 2 is 1.70 bits per heavy atom. The third-order valence-corrected chi connectivity index (χ3v) is 4.12. The van der Waals surface area contributed by atoms with Crippen LogP contribution in [0.4, 0.5) is 0 Å². The lowest BCUT2D eigenvalue weighted by Crippen LogP contribution is -2.10. The lowest BCUT2D eigenvalue weighted by atomic mass is 10.2. The van der Waals surface area contributed by atoms with E-state index >= 15 is 0 Å². The number of thioether (sulfide) groups is 1. The summed E-state index contributed by atoms with van der Waals surface area (Å²) < 4.78 is 0. The lowest BCUT2D eigenvalue weighted by molar-refractivity contribution is 0.457. The van der Waals surface area contributed by atoms with E-state index in [1.165, 1.54) is 15.4 Å².